The van der Waals surface area contributed by atoms with E-state index in [-0.39, 0.29) is 16.8 Å². The zero-order valence-electron chi connectivity index (χ0n) is 14.1. The Kier molecular flexibility index (Phi) is 5.23. The zero-order valence-corrected chi connectivity index (χ0v) is 14.9. The fraction of sp³-hybridized carbons (Fsp3) is 0.368. The smallest absolute Gasteiger partial charge is 0.164 e. The summed E-state index contributed by atoms with van der Waals surface area (Å²) in [5.74, 6) is 0.259. The summed E-state index contributed by atoms with van der Waals surface area (Å²) in [5.41, 5.74) is 6.38. The molecule has 1 aliphatic carbocycles. The maximum Gasteiger partial charge on any atom is 0.164 e. The van der Waals surface area contributed by atoms with Gasteiger partial charge in [-0.3, -0.25) is 4.79 Å². The van der Waals surface area contributed by atoms with Crippen LogP contribution in [0.5, 0.6) is 0 Å². The minimum absolute atomic E-state index is 0.114. The first-order valence-corrected chi connectivity index (χ1v) is 8.84. The first kappa shape index (κ1) is 17.7. The Balaban J connectivity index is 1.86. The number of nitrogens with two attached hydrogens (primary N) is 1. The molecule has 3 N–H and O–H groups in total. The zero-order chi connectivity index (χ0) is 18.0. The SMILES string of the molecule is CC(=O)c1c(N)ccc(-c2cnc(NCC3CCCC3)cc2Cl)c1F. The number of aromatic nitrogens is 1. The van der Waals surface area contributed by atoms with Gasteiger partial charge in [-0.25, -0.2) is 9.37 Å². The molecular formula is C19H21ClFN3O. The van der Waals surface area contributed by atoms with Crippen molar-refractivity contribution in [3.63, 3.8) is 0 Å². The van der Waals surface area contributed by atoms with Gasteiger partial charge in [-0.1, -0.05) is 24.4 Å². The molecule has 132 valence electrons. The second-order valence-electron chi connectivity index (χ2n) is 6.53. The van der Waals surface area contributed by atoms with E-state index in [9.17, 15) is 9.18 Å². The lowest BCUT2D eigenvalue weighted by molar-refractivity contribution is 0.101. The van der Waals surface area contributed by atoms with Crippen LogP contribution in [0.1, 0.15) is 43.0 Å². The summed E-state index contributed by atoms with van der Waals surface area (Å²) in [6.07, 6.45) is 6.58. The molecule has 6 heteroatoms. The van der Waals surface area contributed by atoms with Crippen LogP contribution >= 0.6 is 11.6 Å². The molecule has 0 amide bonds. The highest BCUT2D eigenvalue weighted by atomic mass is 35.5. The molecule has 0 spiro atoms. The van der Waals surface area contributed by atoms with Crippen LogP contribution in [0.3, 0.4) is 0 Å². The molecule has 1 heterocycles. The summed E-state index contributed by atoms with van der Waals surface area (Å²) in [4.78, 5) is 16.0. The molecule has 0 atom stereocenters. The minimum Gasteiger partial charge on any atom is -0.398 e. The summed E-state index contributed by atoms with van der Waals surface area (Å²) >= 11 is 6.34. The van der Waals surface area contributed by atoms with Gasteiger partial charge >= 0.3 is 0 Å². The highest BCUT2D eigenvalue weighted by molar-refractivity contribution is 6.33. The lowest BCUT2D eigenvalue weighted by Crippen LogP contribution is -2.12. The van der Waals surface area contributed by atoms with Crippen molar-refractivity contribution in [1.82, 2.24) is 4.98 Å². The fourth-order valence-corrected chi connectivity index (χ4v) is 3.60. The quantitative estimate of drug-likeness (QED) is 0.585. The average molecular weight is 362 g/mol. The van der Waals surface area contributed by atoms with Gasteiger partial charge in [0.25, 0.3) is 0 Å². The van der Waals surface area contributed by atoms with Crippen LogP contribution in [0.25, 0.3) is 11.1 Å². The number of hydrogen-bond donors (Lipinski definition) is 2. The lowest BCUT2D eigenvalue weighted by Gasteiger charge is -2.14. The number of benzene rings is 1. The Morgan fingerprint density at radius 1 is 1.36 bits per heavy atom. The van der Waals surface area contributed by atoms with Gasteiger partial charge in [-0.2, -0.15) is 0 Å². The Hall–Kier alpha value is -2.14. The summed E-state index contributed by atoms with van der Waals surface area (Å²) in [7, 11) is 0. The molecule has 0 unspecified atom stereocenters. The number of nitrogens with zero attached hydrogens (tertiary/aromatic N) is 1. The van der Waals surface area contributed by atoms with Crippen LogP contribution < -0.4 is 11.1 Å². The monoisotopic (exact) mass is 361 g/mol. The molecule has 1 saturated carbocycles. The maximum absolute atomic E-state index is 14.7. The van der Waals surface area contributed by atoms with Crippen LogP contribution in [0.2, 0.25) is 5.02 Å². The van der Waals surface area contributed by atoms with Gasteiger partial charge < -0.3 is 11.1 Å². The Morgan fingerprint density at radius 2 is 2.08 bits per heavy atom. The van der Waals surface area contributed by atoms with Crippen LogP contribution in [0.15, 0.2) is 24.4 Å². The van der Waals surface area contributed by atoms with Gasteiger partial charge in [0.1, 0.15) is 11.6 Å². The van der Waals surface area contributed by atoms with Gasteiger partial charge in [-0.15, -0.1) is 0 Å². The van der Waals surface area contributed by atoms with Gasteiger partial charge in [-0.05, 0) is 43.9 Å². The number of carbonyl (C=O) groups excluding carboxylic acids is 1. The number of ketones is 1. The van der Waals surface area contributed by atoms with E-state index in [0.29, 0.717) is 22.3 Å². The lowest BCUT2D eigenvalue weighted by atomic mass is 10.00. The topological polar surface area (TPSA) is 68.0 Å². The van der Waals surface area contributed by atoms with Gasteiger partial charge in [0, 0.05) is 29.6 Å². The van der Waals surface area contributed by atoms with Crippen molar-refractivity contribution in [2.75, 3.05) is 17.6 Å². The predicted octanol–water partition coefficient (Wildman–Crippen LogP) is 4.93. The van der Waals surface area contributed by atoms with Crippen LogP contribution in [0, 0.1) is 11.7 Å². The molecule has 0 bridgehead atoms. The molecule has 1 aliphatic rings. The van der Waals surface area contributed by atoms with E-state index in [1.807, 2.05) is 0 Å². The number of hydrogen-bond acceptors (Lipinski definition) is 4. The number of pyridine rings is 1. The third-order valence-corrected chi connectivity index (χ3v) is 5.03. The molecule has 0 radical (unpaired) electrons. The third kappa shape index (κ3) is 3.76. The number of halogens is 2. The number of Topliss-reactive ketones (excluding diaryl/α,β-unsaturated/α-hetero) is 1. The third-order valence-electron chi connectivity index (χ3n) is 4.72. The molecule has 25 heavy (non-hydrogen) atoms. The van der Waals surface area contributed by atoms with E-state index in [1.165, 1.54) is 50.9 Å². The Morgan fingerprint density at radius 3 is 2.72 bits per heavy atom. The Bertz CT molecular complexity index is 803. The molecule has 1 aromatic carbocycles. The van der Waals surface area contributed by atoms with Crippen LogP contribution in [0.4, 0.5) is 15.9 Å². The Labute approximate surface area is 151 Å². The van der Waals surface area contributed by atoms with Crippen molar-refractivity contribution < 1.29 is 9.18 Å². The molecule has 2 aromatic rings. The number of nitrogen functional groups attached to an aromatic ring is 1. The minimum atomic E-state index is -0.664. The van der Waals surface area contributed by atoms with Gasteiger partial charge in [0.2, 0.25) is 0 Å². The highest BCUT2D eigenvalue weighted by Crippen LogP contribution is 2.34. The predicted molar refractivity (Wildman–Crippen MR) is 99.5 cm³/mol. The molecule has 0 aliphatic heterocycles. The number of anilines is 2. The second kappa shape index (κ2) is 7.40. The van der Waals surface area contributed by atoms with Crippen LogP contribution in [-0.4, -0.2) is 17.3 Å². The van der Waals surface area contributed by atoms with Gasteiger partial charge in [0.15, 0.2) is 5.78 Å². The van der Waals surface area contributed by atoms with Crippen molar-refractivity contribution in [3.8, 4) is 11.1 Å². The molecule has 3 rings (SSSR count). The van der Waals surface area contributed by atoms with Crippen molar-refractivity contribution in [3.05, 3.63) is 40.8 Å². The highest BCUT2D eigenvalue weighted by Gasteiger charge is 2.19. The number of rotatable bonds is 5. The van der Waals surface area contributed by atoms with E-state index >= 15 is 0 Å². The van der Waals surface area contributed by atoms with Crippen molar-refractivity contribution >= 4 is 28.9 Å². The first-order valence-electron chi connectivity index (χ1n) is 8.46. The van der Waals surface area contributed by atoms with Crippen molar-refractivity contribution in [1.29, 1.82) is 0 Å². The molecular weight excluding hydrogens is 341 g/mol. The van der Waals surface area contributed by atoms with Crippen molar-refractivity contribution in [2.45, 2.75) is 32.6 Å². The fourth-order valence-electron chi connectivity index (χ4n) is 3.35. The number of nitrogens with one attached hydrogen (secondary N) is 1. The largest absolute Gasteiger partial charge is 0.398 e. The summed E-state index contributed by atoms with van der Waals surface area (Å²) < 4.78 is 14.7. The summed E-state index contributed by atoms with van der Waals surface area (Å²) in [6.45, 7) is 2.15. The summed E-state index contributed by atoms with van der Waals surface area (Å²) in [5, 5.41) is 3.67. The first-order chi connectivity index (χ1) is 12.0. The van der Waals surface area contributed by atoms with E-state index in [1.54, 1.807) is 6.07 Å². The molecule has 1 aromatic heterocycles. The van der Waals surface area contributed by atoms with Gasteiger partial charge in [0.05, 0.1) is 10.6 Å². The maximum atomic E-state index is 14.7. The summed E-state index contributed by atoms with van der Waals surface area (Å²) in [6, 6.07) is 4.72. The second-order valence-corrected chi connectivity index (χ2v) is 6.94. The van der Waals surface area contributed by atoms with Crippen LogP contribution in [-0.2, 0) is 0 Å². The van der Waals surface area contributed by atoms with E-state index < -0.39 is 11.6 Å². The average Bonchev–Trinajstić information content (AvgIpc) is 3.07. The molecule has 4 nitrogen and oxygen atoms in total. The number of carbonyl (C=O) groups is 1. The van der Waals surface area contributed by atoms with Crippen molar-refractivity contribution in [2.24, 2.45) is 5.92 Å². The molecule has 0 saturated heterocycles. The standard InChI is InChI=1S/C19H21ClFN3O/c1-11(25)18-16(22)7-6-13(19(18)21)14-10-24-17(8-15(14)20)23-9-12-4-2-3-5-12/h6-8,10,12H,2-5,9,22H2,1H3,(H,23,24). The van der Waals surface area contributed by atoms with E-state index in [0.717, 1.165) is 6.54 Å². The normalized spacial score (nSPS) is 14.7. The van der Waals surface area contributed by atoms with E-state index in [4.69, 9.17) is 17.3 Å². The van der Waals surface area contributed by atoms with E-state index in [2.05, 4.69) is 10.3 Å². The molecule has 1 fully saturated rings.